The highest BCUT2D eigenvalue weighted by atomic mass is 79.9. The molecule has 0 radical (unpaired) electrons. The van der Waals surface area contributed by atoms with Gasteiger partial charge < -0.3 is 0 Å². The first-order valence-electron chi connectivity index (χ1n) is 5.24. The van der Waals surface area contributed by atoms with Gasteiger partial charge in [-0.3, -0.25) is 4.68 Å². The van der Waals surface area contributed by atoms with E-state index in [-0.39, 0.29) is 0 Å². The lowest BCUT2D eigenvalue weighted by atomic mass is 10.3. The molecule has 0 bridgehead atoms. The zero-order chi connectivity index (χ0) is 12.4. The van der Waals surface area contributed by atoms with E-state index in [1.807, 2.05) is 29.5 Å². The molecule has 0 atom stereocenters. The Kier molecular flexibility index (Phi) is 3.98. The molecule has 0 amide bonds. The Morgan fingerprint density at radius 3 is 2.76 bits per heavy atom. The molecule has 0 aliphatic rings. The summed E-state index contributed by atoms with van der Waals surface area (Å²) < 4.78 is 4.74. The summed E-state index contributed by atoms with van der Waals surface area (Å²) in [4.78, 5) is 0. The van der Waals surface area contributed by atoms with Crippen molar-refractivity contribution in [2.24, 2.45) is 7.05 Å². The third kappa shape index (κ3) is 2.77. The molecule has 0 unspecified atom stereocenters. The topological polar surface area (TPSA) is 48.5 Å². The fraction of sp³-hybridized carbons (Fsp3) is 0.500. The lowest BCUT2D eigenvalue weighted by Crippen LogP contribution is -2.06. The second-order valence-corrected chi connectivity index (χ2v) is 5.40. The van der Waals surface area contributed by atoms with Gasteiger partial charge in [-0.2, -0.15) is 5.10 Å². The standard InChI is InChI=1S/C10H13Br2N5/c1-7-10(12)9(16(2)14-7)6-17-5-8(3-4-11)13-15-17/h5H,3-4,6H2,1-2H3. The van der Waals surface area contributed by atoms with E-state index < -0.39 is 0 Å². The molecule has 2 aromatic heterocycles. The molecule has 0 aliphatic heterocycles. The maximum absolute atomic E-state index is 4.35. The van der Waals surface area contributed by atoms with E-state index in [0.29, 0.717) is 6.54 Å². The molecule has 0 spiro atoms. The Balaban J connectivity index is 2.19. The number of alkyl halides is 1. The van der Waals surface area contributed by atoms with Gasteiger partial charge in [0.05, 0.1) is 28.1 Å². The number of rotatable bonds is 4. The smallest absolute Gasteiger partial charge is 0.0857 e. The van der Waals surface area contributed by atoms with Gasteiger partial charge in [-0.15, -0.1) is 5.10 Å². The Hall–Kier alpha value is -0.690. The number of halogens is 2. The van der Waals surface area contributed by atoms with E-state index in [2.05, 4.69) is 47.3 Å². The van der Waals surface area contributed by atoms with Crippen LogP contribution < -0.4 is 0 Å². The molecule has 92 valence electrons. The SMILES string of the molecule is Cc1nn(C)c(Cn2cc(CCBr)nn2)c1Br. The number of hydrogen-bond donors (Lipinski definition) is 0. The molecular formula is C10H13Br2N5. The van der Waals surface area contributed by atoms with Crippen molar-refractivity contribution in [3.05, 3.63) is 27.8 Å². The molecule has 5 nitrogen and oxygen atoms in total. The van der Waals surface area contributed by atoms with Gasteiger partial charge >= 0.3 is 0 Å². The molecule has 2 heterocycles. The maximum Gasteiger partial charge on any atom is 0.0857 e. The minimum Gasteiger partial charge on any atom is -0.269 e. The summed E-state index contributed by atoms with van der Waals surface area (Å²) in [6, 6.07) is 0. The van der Waals surface area contributed by atoms with Gasteiger partial charge in [-0.1, -0.05) is 21.1 Å². The number of hydrogen-bond acceptors (Lipinski definition) is 3. The lowest BCUT2D eigenvalue weighted by Gasteiger charge is -2.02. The van der Waals surface area contributed by atoms with Crippen LogP contribution in [0, 0.1) is 6.92 Å². The van der Waals surface area contributed by atoms with Crippen molar-refractivity contribution in [3.8, 4) is 0 Å². The number of nitrogens with zero attached hydrogens (tertiary/aromatic N) is 5. The van der Waals surface area contributed by atoms with E-state index in [0.717, 1.165) is 33.3 Å². The second kappa shape index (κ2) is 5.30. The van der Waals surface area contributed by atoms with E-state index in [1.54, 1.807) is 0 Å². The van der Waals surface area contributed by atoms with Crippen LogP contribution >= 0.6 is 31.9 Å². The maximum atomic E-state index is 4.35. The second-order valence-electron chi connectivity index (χ2n) is 3.82. The Labute approximate surface area is 116 Å². The van der Waals surface area contributed by atoms with Crippen LogP contribution in [0.2, 0.25) is 0 Å². The molecule has 0 saturated carbocycles. The Morgan fingerprint density at radius 1 is 1.41 bits per heavy atom. The highest BCUT2D eigenvalue weighted by Gasteiger charge is 2.11. The van der Waals surface area contributed by atoms with Gasteiger partial charge in [-0.05, 0) is 22.9 Å². The van der Waals surface area contributed by atoms with Crippen LogP contribution in [0.15, 0.2) is 10.7 Å². The molecule has 17 heavy (non-hydrogen) atoms. The van der Waals surface area contributed by atoms with Crippen molar-refractivity contribution in [1.29, 1.82) is 0 Å². The van der Waals surface area contributed by atoms with Gasteiger partial charge in [0.25, 0.3) is 0 Å². The van der Waals surface area contributed by atoms with Crippen molar-refractivity contribution < 1.29 is 0 Å². The van der Waals surface area contributed by atoms with E-state index in [1.165, 1.54) is 0 Å². The number of aromatic nitrogens is 5. The van der Waals surface area contributed by atoms with Gasteiger partial charge in [0, 0.05) is 25.0 Å². The fourth-order valence-electron chi connectivity index (χ4n) is 1.63. The first kappa shape index (κ1) is 12.8. The van der Waals surface area contributed by atoms with E-state index >= 15 is 0 Å². The molecule has 0 aliphatic carbocycles. The lowest BCUT2D eigenvalue weighted by molar-refractivity contribution is 0.598. The summed E-state index contributed by atoms with van der Waals surface area (Å²) in [5.41, 5.74) is 3.08. The molecule has 0 aromatic carbocycles. The summed E-state index contributed by atoms with van der Waals surface area (Å²) in [6.07, 6.45) is 2.86. The predicted molar refractivity (Wildman–Crippen MR) is 72.3 cm³/mol. The Bertz CT molecular complexity index is 517. The van der Waals surface area contributed by atoms with Crippen LogP contribution in [-0.4, -0.2) is 30.1 Å². The zero-order valence-electron chi connectivity index (χ0n) is 9.69. The third-order valence-corrected chi connectivity index (χ3v) is 3.94. The van der Waals surface area contributed by atoms with Crippen molar-refractivity contribution in [3.63, 3.8) is 0 Å². The van der Waals surface area contributed by atoms with Gasteiger partial charge in [0.1, 0.15) is 0 Å². The summed E-state index contributed by atoms with van der Waals surface area (Å²) in [6.45, 7) is 2.65. The summed E-state index contributed by atoms with van der Waals surface area (Å²) in [7, 11) is 1.93. The summed E-state index contributed by atoms with van der Waals surface area (Å²) in [5, 5.41) is 13.5. The monoisotopic (exact) mass is 361 g/mol. The van der Waals surface area contributed by atoms with Crippen LogP contribution in [0.1, 0.15) is 17.1 Å². The first-order chi connectivity index (χ1) is 8.11. The van der Waals surface area contributed by atoms with Gasteiger partial charge in [0.2, 0.25) is 0 Å². The average molecular weight is 363 g/mol. The highest BCUT2D eigenvalue weighted by molar-refractivity contribution is 9.10. The highest BCUT2D eigenvalue weighted by Crippen LogP contribution is 2.20. The molecule has 0 fully saturated rings. The van der Waals surface area contributed by atoms with Crippen LogP contribution in [0.5, 0.6) is 0 Å². The van der Waals surface area contributed by atoms with Gasteiger partial charge in [0.15, 0.2) is 0 Å². The average Bonchev–Trinajstić information content (AvgIpc) is 2.81. The Morgan fingerprint density at radius 2 is 2.18 bits per heavy atom. The summed E-state index contributed by atoms with van der Waals surface area (Å²) in [5.74, 6) is 0. The van der Waals surface area contributed by atoms with E-state index in [9.17, 15) is 0 Å². The van der Waals surface area contributed by atoms with Crippen LogP contribution in [0.3, 0.4) is 0 Å². The summed E-state index contributed by atoms with van der Waals surface area (Å²) >= 11 is 6.93. The van der Waals surface area contributed by atoms with Crippen LogP contribution in [0.25, 0.3) is 0 Å². The fourth-order valence-corrected chi connectivity index (χ4v) is 2.50. The number of aryl methyl sites for hydroxylation is 3. The zero-order valence-corrected chi connectivity index (χ0v) is 12.9. The quantitative estimate of drug-likeness (QED) is 0.782. The van der Waals surface area contributed by atoms with Crippen LogP contribution in [-0.2, 0) is 20.0 Å². The van der Waals surface area contributed by atoms with Crippen molar-refractivity contribution in [2.75, 3.05) is 5.33 Å². The van der Waals surface area contributed by atoms with Crippen LogP contribution in [0.4, 0.5) is 0 Å². The largest absolute Gasteiger partial charge is 0.269 e. The molecule has 7 heteroatoms. The third-order valence-electron chi connectivity index (χ3n) is 2.51. The predicted octanol–water partition coefficient (Wildman–Crippen LogP) is 2.07. The van der Waals surface area contributed by atoms with E-state index in [4.69, 9.17) is 0 Å². The molecule has 0 saturated heterocycles. The van der Waals surface area contributed by atoms with Crippen molar-refractivity contribution in [1.82, 2.24) is 24.8 Å². The van der Waals surface area contributed by atoms with Gasteiger partial charge in [-0.25, -0.2) is 4.68 Å². The minimum atomic E-state index is 0.674. The minimum absolute atomic E-state index is 0.674. The molecular weight excluding hydrogens is 350 g/mol. The normalized spacial score (nSPS) is 11.1. The molecule has 0 N–H and O–H groups in total. The van der Waals surface area contributed by atoms with Crippen molar-refractivity contribution in [2.45, 2.75) is 19.9 Å². The first-order valence-corrected chi connectivity index (χ1v) is 7.16. The molecule has 2 rings (SSSR count). The molecule has 2 aromatic rings. The van der Waals surface area contributed by atoms with Crippen molar-refractivity contribution >= 4 is 31.9 Å².